The number of amides is 1. The highest BCUT2D eigenvalue weighted by Crippen LogP contribution is 2.17. The number of rotatable bonds is 4. The van der Waals surface area contributed by atoms with Crippen LogP contribution in [-0.4, -0.2) is 73.9 Å². The predicted molar refractivity (Wildman–Crippen MR) is 73.1 cm³/mol. The summed E-state index contributed by atoms with van der Waals surface area (Å²) >= 11 is 0. The van der Waals surface area contributed by atoms with Crippen LogP contribution in [0.2, 0.25) is 0 Å². The van der Waals surface area contributed by atoms with E-state index >= 15 is 0 Å². The van der Waals surface area contributed by atoms with E-state index in [4.69, 9.17) is 9.47 Å². The minimum atomic E-state index is 0.239. The summed E-state index contributed by atoms with van der Waals surface area (Å²) in [6.45, 7) is 9.32. The van der Waals surface area contributed by atoms with E-state index in [1.165, 1.54) is 0 Å². The van der Waals surface area contributed by atoms with Crippen LogP contribution >= 0.6 is 0 Å². The quantitative estimate of drug-likeness (QED) is 0.755. The zero-order valence-electron chi connectivity index (χ0n) is 12.1. The van der Waals surface area contributed by atoms with Gasteiger partial charge in [0, 0.05) is 38.4 Å². The number of ether oxygens (including phenoxy) is 2. The molecule has 2 saturated heterocycles. The highest BCUT2D eigenvalue weighted by atomic mass is 16.5. The van der Waals surface area contributed by atoms with Gasteiger partial charge < -0.3 is 14.4 Å². The van der Waals surface area contributed by atoms with Crippen LogP contribution in [0.25, 0.3) is 0 Å². The zero-order valence-corrected chi connectivity index (χ0v) is 12.1. The molecule has 19 heavy (non-hydrogen) atoms. The van der Waals surface area contributed by atoms with E-state index in [-0.39, 0.29) is 5.91 Å². The number of carbonyl (C=O) groups excluding carboxylic acids is 1. The van der Waals surface area contributed by atoms with E-state index < -0.39 is 0 Å². The van der Waals surface area contributed by atoms with Gasteiger partial charge in [-0.15, -0.1) is 0 Å². The second-order valence-corrected chi connectivity index (χ2v) is 5.60. The van der Waals surface area contributed by atoms with Gasteiger partial charge in [0.2, 0.25) is 5.91 Å². The third kappa shape index (κ3) is 4.16. The van der Waals surface area contributed by atoms with Crippen molar-refractivity contribution in [3.8, 4) is 0 Å². The van der Waals surface area contributed by atoms with Gasteiger partial charge >= 0.3 is 0 Å². The van der Waals surface area contributed by atoms with Crippen LogP contribution < -0.4 is 0 Å². The second-order valence-electron chi connectivity index (χ2n) is 5.60. The lowest BCUT2D eigenvalue weighted by Gasteiger charge is -2.38. The first-order chi connectivity index (χ1) is 9.18. The van der Waals surface area contributed by atoms with Crippen molar-refractivity contribution >= 4 is 5.91 Å². The summed E-state index contributed by atoms with van der Waals surface area (Å²) in [6, 6.07) is 0.881. The van der Waals surface area contributed by atoms with Gasteiger partial charge in [0.1, 0.15) is 0 Å². The van der Waals surface area contributed by atoms with Crippen LogP contribution in [0.15, 0.2) is 0 Å². The molecule has 110 valence electrons. The first kappa shape index (κ1) is 14.8. The summed E-state index contributed by atoms with van der Waals surface area (Å²) in [5, 5.41) is 0. The van der Waals surface area contributed by atoms with E-state index in [9.17, 15) is 4.79 Å². The Morgan fingerprint density at radius 3 is 2.32 bits per heavy atom. The molecule has 2 heterocycles. The summed E-state index contributed by atoms with van der Waals surface area (Å²) < 4.78 is 10.7. The molecule has 1 amide bonds. The molecule has 2 aliphatic rings. The molecule has 0 radical (unpaired) electrons. The maximum atomic E-state index is 12.4. The average molecular weight is 270 g/mol. The molecule has 2 fully saturated rings. The van der Waals surface area contributed by atoms with Crippen LogP contribution in [0, 0.1) is 0 Å². The normalized spacial score (nSPS) is 22.2. The molecule has 0 N–H and O–H groups in total. The Balaban J connectivity index is 1.89. The fourth-order valence-electron chi connectivity index (χ4n) is 2.82. The Labute approximate surface area is 115 Å². The molecular formula is C14H26N2O3. The Hall–Kier alpha value is -0.650. The van der Waals surface area contributed by atoms with E-state index in [1.807, 2.05) is 4.90 Å². The number of hydrogen-bond acceptors (Lipinski definition) is 4. The molecule has 0 aliphatic carbocycles. The van der Waals surface area contributed by atoms with Gasteiger partial charge in [-0.05, 0) is 26.7 Å². The average Bonchev–Trinajstić information content (AvgIpc) is 2.46. The van der Waals surface area contributed by atoms with Gasteiger partial charge in [-0.3, -0.25) is 9.69 Å². The minimum Gasteiger partial charge on any atom is -0.381 e. The summed E-state index contributed by atoms with van der Waals surface area (Å²) in [5.74, 6) is 0.239. The van der Waals surface area contributed by atoms with Crippen LogP contribution in [0.5, 0.6) is 0 Å². The first-order valence-electron chi connectivity index (χ1n) is 7.37. The molecular weight excluding hydrogens is 244 g/mol. The second kappa shape index (κ2) is 7.22. The largest absolute Gasteiger partial charge is 0.381 e. The minimum absolute atomic E-state index is 0.239. The summed E-state index contributed by atoms with van der Waals surface area (Å²) in [4.78, 5) is 16.6. The van der Waals surface area contributed by atoms with Crippen LogP contribution in [-0.2, 0) is 14.3 Å². The number of morpholine rings is 1. The third-order valence-corrected chi connectivity index (χ3v) is 4.00. The Kier molecular flexibility index (Phi) is 5.60. The molecule has 0 saturated carbocycles. The fraction of sp³-hybridized carbons (Fsp3) is 0.929. The number of nitrogens with zero attached hydrogens (tertiary/aromatic N) is 2. The lowest BCUT2D eigenvalue weighted by molar-refractivity contribution is -0.138. The molecule has 0 aromatic carbocycles. The predicted octanol–water partition coefficient (Wildman–Crippen LogP) is 0.735. The van der Waals surface area contributed by atoms with E-state index in [1.54, 1.807) is 0 Å². The zero-order chi connectivity index (χ0) is 13.7. The number of carbonyl (C=O) groups is 1. The lowest BCUT2D eigenvalue weighted by Crippen LogP contribution is -2.51. The van der Waals surface area contributed by atoms with Gasteiger partial charge in [-0.1, -0.05) is 0 Å². The van der Waals surface area contributed by atoms with Crippen molar-refractivity contribution in [2.45, 2.75) is 38.8 Å². The van der Waals surface area contributed by atoms with Crippen molar-refractivity contribution in [2.24, 2.45) is 0 Å². The lowest BCUT2D eigenvalue weighted by atomic mass is 10.1. The van der Waals surface area contributed by atoms with Crippen LogP contribution in [0.1, 0.15) is 26.7 Å². The summed E-state index contributed by atoms with van der Waals surface area (Å²) in [5.41, 5.74) is 0. The first-order valence-corrected chi connectivity index (χ1v) is 7.37. The SMILES string of the molecule is CC(C)N(CC(=O)N1CCOCC1)C1CCOCC1. The standard InChI is InChI=1S/C14H26N2O3/c1-12(2)16(13-3-7-18-8-4-13)11-14(17)15-5-9-19-10-6-15/h12-13H,3-11H2,1-2H3. The molecule has 2 rings (SSSR count). The van der Waals surface area contributed by atoms with Crippen LogP contribution in [0.3, 0.4) is 0 Å². The van der Waals surface area contributed by atoms with Gasteiger partial charge in [-0.25, -0.2) is 0 Å². The molecule has 0 unspecified atom stereocenters. The Morgan fingerprint density at radius 1 is 1.16 bits per heavy atom. The van der Waals surface area contributed by atoms with Crippen LogP contribution in [0.4, 0.5) is 0 Å². The topological polar surface area (TPSA) is 42.0 Å². The van der Waals surface area contributed by atoms with Gasteiger partial charge in [-0.2, -0.15) is 0 Å². The number of hydrogen-bond donors (Lipinski definition) is 0. The highest BCUT2D eigenvalue weighted by Gasteiger charge is 2.27. The highest BCUT2D eigenvalue weighted by molar-refractivity contribution is 5.78. The Bertz CT molecular complexity index is 284. The van der Waals surface area contributed by atoms with Crippen molar-refractivity contribution in [3.05, 3.63) is 0 Å². The summed E-state index contributed by atoms with van der Waals surface area (Å²) in [7, 11) is 0. The van der Waals surface area contributed by atoms with Gasteiger partial charge in [0.05, 0.1) is 19.8 Å². The maximum Gasteiger partial charge on any atom is 0.236 e. The molecule has 0 aromatic rings. The third-order valence-electron chi connectivity index (χ3n) is 4.00. The summed E-state index contributed by atoms with van der Waals surface area (Å²) in [6.07, 6.45) is 2.07. The molecule has 0 spiro atoms. The van der Waals surface area contributed by atoms with Crippen molar-refractivity contribution in [3.63, 3.8) is 0 Å². The molecule has 2 aliphatic heterocycles. The van der Waals surface area contributed by atoms with Crippen molar-refractivity contribution in [1.82, 2.24) is 9.80 Å². The molecule has 5 heteroatoms. The van der Waals surface area contributed by atoms with Crippen molar-refractivity contribution < 1.29 is 14.3 Å². The fourth-order valence-corrected chi connectivity index (χ4v) is 2.82. The molecule has 0 aromatic heterocycles. The van der Waals surface area contributed by atoms with Gasteiger partial charge in [0.15, 0.2) is 0 Å². The smallest absolute Gasteiger partial charge is 0.236 e. The van der Waals surface area contributed by atoms with Gasteiger partial charge in [0.25, 0.3) is 0 Å². The molecule has 5 nitrogen and oxygen atoms in total. The Morgan fingerprint density at radius 2 is 1.74 bits per heavy atom. The monoisotopic (exact) mass is 270 g/mol. The molecule has 0 atom stereocenters. The van der Waals surface area contributed by atoms with Crippen molar-refractivity contribution in [1.29, 1.82) is 0 Å². The van der Waals surface area contributed by atoms with Crippen molar-refractivity contribution in [2.75, 3.05) is 46.1 Å². The maximum absolute atomic E-state index is 12.4. The molecule has 0 bridgehead atoms. The van der Waals surface area contributed by atoms with E-state index in [2.05, 4.69) is 18.7 Å². The van der Waals surface area contributed by atoms with E-state index in [0.717, 1.165) is 39.1 Å². The van der Waals surface area contributed by atoms with E-state index in [0.29, 0.717) is 31.8 Å².